The standard InChI is InChI=1S/C14H12O4.CH2O/c1-18-9-6-7-11(13(16)8-9)14(17)10-4-2-3-5-12(10)15;1-2/h2-8,15-16H,1H3;1H2. The van der Waals surface area contributed by atoms with Crippen LogP contribution in [-0.2, 0) is 4.79 Å². The van der Waals surface area contributed by atoms with E-state index in [1.807, 2.05) is 6.79 Å². The Balaban J connectivity index is 0.000000956. The van der Waals surface area contributed by atoms with E-state index in [9.17, 15) is 15.0 Å². The molecule has 0 atom stereocenters. The first-order valence-corrected chi connectivity index (χ1v) is 5.62. The number of carbonyl (C=O) groups excluding carboxylic acids is 2. The maximum absolute atomic E-state index is 12.1. The van der Waals surface area contributed by atoms with Gasteiger partial charge in [0.1, 0.15) is 24.0 Å². The van der Waals surface area contributed by atoms with Crippen molar-refractivity contribution in [3.8, 4) is 17.2 Å². The molecule has 0 fully saturated rings. The number of hydrogen-bond acceptors (Lipinski definition) is 5. The van der Waals surface area contributed by atoms with Crippen LogP contribution in [0.1, 0.15) is 15.9 Å². The van der Waals surface area contributed by atoms with Crippen LogP contribution < -0.4 is 4.74 Å². The van der Waals surface area contributed by atoms with Gasteiger partial charge in [-0.1, -0.05) is 12.1 Å². The van der Waals surface area contributed by atoms with Crippen LogP contribution in [0.5, 0.6) is 17.2 Å². The summed E-state index contributed by atoms with van der Waals surface area (Å²) in [6.07, 6.45) is 0. The van der Waals surface area contributed by atoms with Crippen molar-refractivity contribution < 1.29 is 24.5 Å². The fraction of sp³-hybridized carbons (Fsp3) is 0.0667. The molecule has 104 valence electrons. The minimum absolute atomic E-state index is 0.113. The van der Waals surface area contributed by atoms with Gasteiger partial charge in [-0.3, -0.25) is 4.79 Å². The summed E-state index contributed by atoms with van der Waals surface area (Å²) in [6.45, 7) is 2.00. The number of ether oxygens (including phenoxy) is 1. The van der Waals surface area contributed by atoms with Crippen molar-refractivity contribution in [1.29, 1.82) is 0 Å². The molecule has 0 bridgehead atoms. The lowest BCUT2D eigenvalue weighted by molar-refractivity contribution is -0.0980. The highest BCUT2D eigenvalue weighted by atomic mass is 16.5. The van der Waals surface area contributed by atoms with E-state index in [1.165, 1.54) is 31.4 Å². The number of benzene rings is 2. The second-order valence-electron chi connectivity index (χ2n) is 3.73. The number of methoxy groups -OCH3 is 1. The molecule has 0 saturated carbocycles. The number of rotatable bonds is 3. The van der Waals surface area contributed by atoms with Crippen LogP contribution in [0.2, 0.25) is 0 Å². The number of aromatic hydroxyl groups is 2. The maximum Gasteiger partial charge on any atom is 0.200 e. The highest BCUT2D eigenvalue weighted by Gasteiger charge is 2.16. The van der Waals surface area contributed by atoms with Crippen molar-refractivity contribution in [2.24, 2.45) is 0 Å². The van der Waals surface area contributed by atoms with E-state index >= 15 is 0 Å². The summed E-state index contributed by atoms with van der Waals surface area (Å²) in [7, 11) is 1.47. The van der Waals surface area contributed by atoms with Crippen molar-refractivity contribution in [3.63, 3.8) is 0 Å². The third-order valence-corrected chi connectivity index (χ3v) is 2.60. The topological polar surface area (TPSA) is 83.8 Å². The zero-order chi connectivity index (χ0) is 15.1. The Bertz CT molecular complexity index is 607. The molecule has 0 amide bonds. The van der Waals surface area contributed by atoms with Gasteiger partial charge in [-0.2, -0.15) is 0 Å². The van der Waals surface area contributed by atoms with Crippen LogP contribution >= 0.6 is 0 Å². The van der Waals surface area contributed by atoms with Crippen LogP contribution in [0.4, 0.5) is 0 Å². The molecular formula is C15H14O5. The van der Waals surface area contributed by atoms with Crippen LogP contribution in [0.15, 0.2) is 42.5 Å². The summed E-state index contributed by atoms with van der Waals surface area (Å²) in [5.41, 5.74) is 0.273. The molecular weight excluding hydrogens is 260 g/mol. The Morgan fingerprint density at radius 1 is 1.00 bits per heavy atom. The van der Waals surface area contributed by atoms with Gasteiger partial charge >= 0.3 is 0 Å². The SMILES string of the molecule is C=O.COc1ccc(C(=O)c2ccccc2O)c(O)c1. The zero-order valence-electron chi connectivity index (χ0n) is 10.9. The van der Waals surface area contributed by atoms with Gasteiger partial charge in [-0.15, -0.1) is 0 Å². The number of para-hydroxylation sites is 1. The summed E-state index contributed by atoms with van der Waals surface area (Å²) >= 11 is 0. The number of hydrogen-bond donors (Lipinski definition) is 2. The molecule has 0 aromatic heterocycles. The van der Waals surface area contributed by atoms with E-state index in [0.29, 0.717) is 5.75 Å². The molecule has 2 rings (SSSR count). The van der Waals surface area contributed by atoms with E-state index in [-0.39, 0.29) is 22.6 Å². The van der Waals surface area contributed by atoms with Gasteiger partial charge in [0.15, 0.2) is 5.78 Å². The van der Waals surface area contributed by atoms with Crippen LogP contribution in [0.25, 0.3) is 0 Å². The lowest BCUT2D eigenvalue weighted by atomic mass is 10.0. The molecule has 20 heavy (non-hydrogen) atoms. The first kappa shape index (κ1) is 15.2. The normalized spacial score (nSPS) is 9.25. The van der Waals surface area contributed by atoms with Gasteiger partial charge in [0.25, 0.3) is 0 Å². The number of carbonyl (C=O) groups is 2. The quantitative estimate of drug-likeness (QED) is 0.838. The molecule has 0 aliphatic carbocycles. The van der Waals surface area contributed by atoms with Gasteiger partial charge in [-0.25, -0.2) is 0 Å². The van der Waals surface area contributed by atoms with Gasteiger partial charge in [0, 0.05) is 6.07 Å². The molecule has 5 nitrogen and oxygen atoms in total. The first-order valence-electron chi connectivity index (χ1n) is 5.62. The fourth-order valence-corrected chi connectivity index (χ4v) is 1.64. The Morgan fingerprint density at radius 2 is 1.60 bits per heavy atom. The molecule has 0 heterocycles. The minimum atomic E-state index is -0.437. The van der Waals surface area contributed by atoms with Crippen LogP contribution in [0, 0.1) is 0 Å². The van der Waals surface area contributed by atoms with Crippen molar-refractivity contribution in [2.75, 3.05) is 7.11 Å². The number of phenolic OH excluding ortho intramolecular Hbond substituents is 2. The molecule has 0 radical (unpaired) electrons. The second kappa shape index (κ2) is 6.94. The maximum atomic E-state index is 12.1. The molecule has 5 heteroatoms. The zero-order valence-corrected chi connectivity index (χ0v) is 10.9. The molecule has 0 unspecified atom stereocenters. The van der Waals surface area contributed by atoms with E-state index in [1.54, 1.807) is 18.2 Å². The van der Waals surface area contributed by atoms with E-state index < -0.39 is 5.78 Å². The van der Waals surface area contributed by atoms with Crippen molar-refractivity contribution in [2.45, 2.75) is 0 Å². The van der Waals surface area contributed by atoms with Gasteiger partial charge < -0.3 is 19.7 Å². The summed E-state index contributed by atoms with van der Waals surface area (Å²) in [5, 5.41) is 19.4. The minimum Gasteiger partial charge on any atom is -0.507 e. The molecule has 0 spiro atoms. The van der Waals surface area contributed by atoms with E-state index in [4.69, 9.17) is 9.53 Å². The average Bonchev–Trinajstić information content (AvgIpc) is 2.49. The molecule has 0 aliphatic rings. The lowest BCUT2D eigenvalue weighted by Gasteiger charge is -2.07. The first-order chi connectivity index (χ1) is 9.63. The molecule has 0 aliphatic heterocycles. The predicted molar refractivity (Wildman–Crippen MR) is 73.3 cm³/mol. The summed E-state index contributed by atoms with van der Waals surface area (Å²) in [5.74, 6) is -0.269. The van der Waals surface area contributed by atoms with E-state index in [2.05, 4.69) is 0 Å². The molecule has 2 N–H and O–H groups in total. The number of ketones is 1. The highest BCUT2D eigenvalue weighted by Crippen LogP contribution is 2.28. The lowest BCUT2D eigenvalue weighted by Crippen LogP contribution is -2.02. The predicted octanol–water partition coefficient (Wildman–Crippen LogP) is 2.15. The smallest absolute Gasteiger partial charge is 0.200 e. The average molecular weight is 274 g/mol. The molecule has 0 saturated heterocycles. The fourth-order valence-electron chi connectivity index (χ4n) is 1.64. The third-order valence-electron chi connectivity index (χ3n) is 2.60. The van der Waals surface area contributed by atoms with Crippen molar-refractivity contribution in [3.05, 3.63) is 53.6 Å². The van der Waals surface area contributed by atoms with Gasteiger partial charge in [-0.05, 0) is 24.3 Å². The Hall–Kier alpha value is -2.82. The second-order valence-corrected chi connectivity index (χ2v) is 3.73. The Kier molecular flexibility index (Phi) is 5.29. The van der Waals surface area contributed by atoms with Gasteiger partial charge in [0.2, 0.25) is 0 Å². The van der Waals surface area contributed by atoms with E-state index in [0.717, 1.165) is 0 Å². The highest BCUT2D eigenvalue weighted by molar-refractivity contribution is 6.12. The van der Waals surface area contributed by atoms with Crippen molar-refractivity contribution >= 4 is 12.6 Å². The van der Waals surface area contributed by atoms with Gasteiger partial charge in [0.05, 0.1) is 18.2 Å². The van der Waals surface area contributed by atoms with Crippen LogP contribution in [0.3, 0.4) is 0 Å². The summed E-state index contributed by atoms with van der Waals surface area (Å²) < 4.78 is 4.94. The Morgan fingerprint density at radius 3 is 2.15 bits per heavy atom. The monoisotopic (exact) mass is 274 g/mol. The summed E-state index contributed by atoms with van der Waals surface area (Å²) in [4.78, 5) is 20.1. The Labute approximate surface area is 116 Å². The molecule has 2 aromatic rings. The number of phenols is 2. The van der Waals surface area contributed by atoms with Crippen molar-refractivity contribution in [1.82, 2.24) is 0 Å². The van der Waals surface area contributed by atoms with Crippen LogP contribution in [-0.4, -0.2) is 29.9 Å². The largest absolute Gasteiger partial charge is 0.507 e. The molecule has 2 aromatic carbocycles. The summed E-state index contributed by atoms with van der Waals surface area (Å²) in [6, 6.07) is 10.6. The third kappa shape index (κ3) is 3.14.